The van der Waals surface area contributed by atoms with E-state index in [0.717, 1.165) is 25.7 Å². The first kappa shape index (κ1) is 16.8. The maximum Gasteiger partial charge on any atom is 0.0510 e. The number of benzene rings is 1. The summed E-state index contributed by atoms with van der Waals surface area (Å²) >= 11 is 3.78. The second kappa shape index (κ2) is 8.79. The van der Waals surface area contributed by atoms with Crippen LogP contribution in [-0.2, 0) is 6.54 Å². The molecule has 0 amide bonds. The van der Waals surface area contributed by atoms with Crippen LogP contribution in [0.15, 0.2) is 22.7 Å². The fourth-order valence-electron chi connectivity index (χ4n) is 2.52. The van der Waals surface area contributed by atoms with E-state index in [4.69, 9.17) is 0 Å². The van der Waals surface area contributed by atoms with Crippen LogP contribution in [0.25, 0.3) is 0 Å². The Hall–Kier alpha value is -0.540. The summed E-state index contributed by atoms with van der Waals surface area (Å²) in [6.45, 7) is 7.84. The molecule has 0 spiro atoms. The third-order valence-corrected chi connectivity index (χ3v) is 4.72. The smallest absolute Gasteiger partial charge is 0.0510 e. The Balaban J connectivity index is 1.99. The summed E-state index contributed by atoms with van der Waals surface area (Å²) in [5, 5.41) is 3.58. The molecular weight excluding hydrogens is 324 g/mol. The van der Waals surface area contributed by atoms with Crippen molar-refractivity contribution in [3.63, 3.8) is 0 Å². The van der Waals surface area contributed by atoms with Crippen LogP contribution in [0, 0.1) is 0 Å². The van der Waals surface area contributed by atoms with Gasteiger partial charge in [-0.2, -0.15) is 0 Å². The molecule has 1 aromatic carbocycles. The minimum absolute atomic E-state index is 0.772. The molecule has 3 heteroatoms. The summed E-state index contributed by atoms with van der Waals surface area (Å²) in [6, 6.07) is 7.63. The lowest BCUT2D eigenvalue weighted by Gasteiger charge is -2.26. The van der Waals surface area contributed by atoms with Crippen molar-refractivity contribution in [2.45, 2.75) is 65.0 Å². The Labute approximate surface area is 138 Å². The molecule has 0 atom stereocenters. The first-order chi connectivity index (χ1) is 10.2. The molecule has 0 saturated heterocycles. The number of halogens is 1. The molecule has 1 N–H and O–H groups in total. The molecule has 0 unspecified atom stereocenters. The molecule has 0 aliphatic heterocycles. The summed E-state index contributed by atoms with van der Waals surface area (Å²) in [4.78, 5) is 2.54. The van der Waals surface area contributed by atoms with Crippen LogP contribution in [0.3, 0.4) is 0 Å². The van der Waals surface area contributed by atoms with Crippen LogP contribution in [0.4, 0.5) is 5.69 Å². The summed E-state index contributed by atoms with van der Waals surface area (Å²) in [5.41, 5.74) is 2.73. The highest BCUT2D eigenvalue weighted by molar-refractivity contribution is 9.10. The lowest BCUT2D eigenvalue weighted by Crippen LogP contribution is -2.26. The van der Waals surface area contributed by atoms with E-state index in [1.165, 1.54) is 54.2 Å². The van der Waals surface area contributed by atoms with E-state index in [-0.39, 0.29) is 0 Å². The zero-order chi connectivity index (χ0) is 15.1. The van der Waals surface area contributed by atoms with E-state index >= 15 is 0 Å². The van der Waals surface area contributed by atoms with Crippen LogP contribution < -0.4 is 10.2 Å². The van der Waals surface area contributed by atoms with Gasteiger partial charge in [0.1, 0.15) is 0 Å². The molecule has 0 aromatic heterocycles. The number of nitrogens with zero attached hydrogens (tertiary/aromatic N) is 1. The van der Waals surface area contributed by atoms with Gasteiger partial charge in [-0.3, -0.25) is 0 Å². The molecule has 0 heterocycles. The van der Waals surface area contributed by atoms with E-state index in [2.05, 4.69) is 58.2 Å². The van der Waals surface area contributed by atoms with E-state index in [0.29, 0.717) is 0 Å². The third kappa shape index (κ3) is 5.63. The number of unbranched alkanes of at least 4 members (excludes halogenated alkanes) is 2. The monoisotopic (exact) mass is 352 g/mol. The number of hydrogen-bond acceptors (Lipinski definition) is 2. The van der Waals surface area contributed by atoms with E-state index in [9.17, 15) is 0 Å². The molecule has 1 aliphatic carbocycles. The zero-order valence-corrected chi connectivity index (χ0v) is 15.1. The normalized spacial score (nSPS) is 14.4. The highest BCUT2D eigenvalue weighted by Crippen LogP contribution is 2.28. The third-order valence-electron chi connectivity index (χ3n) is 4.09. The zero-order valence-electron chi connectivity index (χ0n) is 13.5. The number of rotatable bonds is 10. The summed E-state index contributed by atoms with van der Waals surface area (Å²) < 4.78 is 1.24. The van der Waals surface area contributed by atoms with Gasteiger partial charge in [-0.25, -0.2) is 0 Å². The minimum atomic E-state index is 0.772. The topological polar surface area (TPSA) is 15.3 Å². The lowest BCUT2D eigenvalue weighted by atomic mass is 10.1. The van der Waals surface area contributed by atoms with Crippen molar-refractivity contribution < 1.29 is 0 Å². The Bertz CT molecular complexity index is 421. The van der Waals surface area contributed by atoms with Crippen LogP contribution in [0.5, 0.6) is 0 Å². The van der Waals surface area contributed by atoms with Gasteiger partial charge in [0.05, 0.1) is 5.69 Å². The summed E-state index contributed by atoms with van der Waals surface area (Å²) in [6.07, 6.45) is 7.73. The van der Waals surface area contributed by atoms with E-state index in [1.54, 1.807) is 0 Å². The Morgan fingerprint density at radius 3 is 2.33 bits per heavy atom. The highest BCUT2D eigenvalue weighted by atomic mass is 79.9. The first-order valence-corrected chi connectivity index (χ1v) is 9.30. The van der Waals surface area contributed by atoms with Gasteiger partial charge in [0.25, 0.3) is 0 Å². The molecule has 1 fully saturated rings. The first-order valence-electron chi connectivity index (χ1n) is 8.51. The van der Waals surface area contributed by atoms with Crippen LogP contribution in [0.1, 0.15) is 57.9 Å². The van der Waals surface area contributed by atoms with E-state index < -0.39 is 0 Å². The summed E-state index contributed by atoms with van der Waals surface area (Å²) in [5.74, 6) is 0. The van der Waals surface area contributed by atoms with Gasteiger partial charge < -0.3 is 10.2 Å². The number of hydrogen-bond donors (Lipinski definition) is 1. The largest absolute Gasteiger partial charge is 0.371 e. The molecule has 118 valence electrons. The maximum absolute atomic E-state index is 3.78. The van der Waals surface area contributed by atoms with Gasteiger partial charge in [0, 0.05) is 30.1 Å². The minimum Gasteiger partial charge on any atom is -0.371 e. The van der Waals surface area contributed by atoms with Crippen LogP contribution in [-0.4, -0.2) is 19.1 Å². The molecule has 1 aromatic rings. The standard InChI is InChI=1S/C18H29BrN2/c1-3-5-11-21(12-6-4-2)18-10-7-15(13-17(18)19)14-20-16-8-9-16/h7,10,13,16,20H,3-6,8-9,11-12,14H2,1-2H3. The van der Waals surface area contributed by atoms with Crippen molar-refractivity contribution in [1.82, 2.24) is 5.32 Å². The quantitative estimate of drug-likeness (QED) is 0.629. The molecule has 0 radical (unpaired) electrons. The van der Waals surface area contributed by atoms with Crippen molar-refractivity contribution in [2.75, 3.05) is 18.0 Å². The maximum atomic E-state index is 3.78. The van der Waals surface area contributed by atoms with Gasteiger partial charge in [0.15, 0.2) is 0 Å². The summed E-state index contributed by atoms with van der Waals surface area (Å²) in [7, 11) is 0. The van der Waals surface area contributed by atoms with Crippen molar-refractivity contribution in [3.05, 3.63) is 28.2 Å². The molecular formula is C18H29BrN2. The number of anilines is 1. The van der Waals surface area contributed by atoms with Crippen molar-refractivity contribution in [1.29, 1.82) is 0 Å². The molecule has 1 saturated carbocycles. The van der Waals surface area contributed by atoms with Gasteiger partial charge in [0.2, 0.25) is 0 Å². The lowest BCUT2D eigenvalue weighted by molar-refractivity contribution is 0.674. The molecule has 21 heavy (non-hydrogen) atoms. The Morgan fingerprint density at radius 2 is 1.81 bits per heavy atom. The molecule has 2 rings (SSSR count). The predicted octanol–water partition coefficient (Wildman–Crippen LogP) is 5.11. The van der Waals surface area contributed by atoms with Gasteiger partial charge >= 0.3 is 0 Å². The van der Waals surface area contributed by atoms with Crippen LogP contribution in [0.2, 0.25) is 0 Å². The molecule has 1 aliphatic rings. The van der Waals surface area contributed by atoms with Crippen LogP contribution >= 0.6 is 15.9 Å². The fraction of sp³-hybridized carbons (Fsp3) is 0.667. The van der Waals surface area contributed by atoms with Gasteiger partial charge in [-0.1, -0.05) is 32.8 Å². The average molecular weight is 353 g/mol. The van der Waals surface area contributed by atoms with Crippen molar-refractivity contribution in [3.8, 4) is 0 Å². The van der Waals surface area contributed by atoms with Crippen molar-refractivity contribution >= 4 is 21.6 Å². The average Bonchev–Trinajstić information content (AvgIpc) is 3.30. The fourth-order valence-corrected chi connectivity index (χ4v) is 3.19. The SMILES string of the molecule is CCCCN(CCCC)c1ccc(CNC2CC2)cc1Br. The van der Waals surface area contributed by atoms with Crippen molar-refractivity contribution in [2.24, 2.45) is 0 Å². The van der Waals surface area contributed by atoms with Gasteiger partial charge in [-0.15, -0.1) is 0 Å². The molecule has 2 nitrogen and oxygen atoms in total. The highest BCUT2D eigenvalue weighted by Gasteiger charge is 2.20. The number of nitrogens with one attached hydrogen (secondary N) is 1. The Kier molecular flexibility index (Phi) is 7.05. The Morgan fingerprint density at radius 1 is 1.14 bits per heavy atom. The molecule has 0 bridgehead atoms. The second-order valence-corrected chi connectivity index (χ2v) is 6.99. The van der Waals surface area contributed by atoms with E-state index in [1.807, 2.05) is 0 Å². The predicted molar refractivity (Wildman–Crippen MR) is 96.0 cm³/mol. The van der Waals surface area contributed by atoms with Gasteiger partial charge in [-0.05, 0) is 59.3 Å². The second-order valence-electron chi connectivity index (χ2n) is 6.14.